The smallest absolute Gasteiger partial charge is 0.271 e. The highest BCUT2D eigenvalue weighted by Crippen LogP contribution is 2.38. The molecule has 9 heteroatoms. The SMILES string of the molecule is C=C1OCCN2NC(=O)c3cnn4ccc(nc34)N3CCC[C@@H]3c3cc(F)ccc3C[C@H]12. The summed E-state index contributed by atoms with van der Waals surface area (Å²) in [7, 11) is 0. The first-order chi connectivity index (χ1) is 15.6. The molecular weight excluding hydrogens is 411 g/mol. The van der Waals surface area contributed by atoms with Crippen LogP contribution in [-0.4, -0.2) is 51.3 Å². The van der Waals surface area contributed by atoms with Crippen LogP contribution in [0.1, 0.15) is 40.4 Å². The largest absolute Gasteiger partial charge is 0.495 e. The van der Waals surface area contributed by atoms with Gasteiger partial charge in [-0.2, -0.15) is 5.10 Å². The summed E-state index contributed by atoms with van der Waals surface area (Å²) in [5, 5.41) is 6.16. The van der Waals surface area contributed by atoms with Gasteiger partial charge in [-0.05, 0) is 48.6 Å². The van der Waals surface area contributed by atoms with Crippen LogP contribution in [0.5, 0.6) is 0 Å². The van der Waals surface area contributed by atoms with Crippen molar-refractivity contribution in [3.63, 3.8) is 0 Å². The van der Waals surface area contributed by atoms with Crippen LogP contribution in [0, 0.1) is 5.82 Å². The zero-order chi connectivity index (χ0) is 21.8. The molecule has 0 radical (unpaired) electrons. The van der Waals surface area contributed by atoms with E-state index in [-0.39, 0.29) is 23.8 Å². The molecule has 3 aromatic rings. The van der Waals surface area contributed by atoms with E-state index in [2.05, 4.69) is 22.0 Å². The quantitative estimate of drug-likeness (QED) is 0.586. The summed E-state index contributed by atoms with van der Waals surface area (Å²) in [5.74, 6) is 0.810. The number of morpholine rings is 1. The van der Waals surface area contributed by atoms with Crippen molar-refractivity contribution >= 4 is 17.4 Å². The molecule has 0 aliphatic carbocycles. The fraction of sp³-hybridized carbons (Fsp3) is 0.348. The summed E-state index contributed by atoms with van der Waals surface area (Å²) in [6.45, 7) is 5.84. The topological polar surface area (TPSA) is 75.0 Å². The Morgan fingerprint density at radius 1 is 1.22 bits per heavy atom. The number of carbonyl (C=O) groups is 1. The average Bonchev–Trinajstić information content (AvgIpc) is 3.43. The number of halogens is 1. The highest BCUT2D eigenvalue weighted by atomic mass is 19.1. The lowest BCUT2D eigenvalue weighted by Crippen LogP contribution is -2.54. The Labute approximate surface area is 184 Å². The fourth-order valence-electron chi connectivity index (χ4n) is 5.06. The van der Waals surface area contributed by atoms with E-state index in [1.54, 1.807) is 10.6 Å². The Bertz CT molecular complexity index is 1240. The average molecular weight is 434 g/mol. The Hall–Kier alpha value is -3.46. The summed E-state index contributed by atoms with van der Waals surface area (Å²) < 4.78 is 21.7. The predicted octanol–water partition coefficient (Wildman–Crippen LogP) is 2.63. The van der Waals surface area contributed by atoms with Gasteiger partial charge in [0, 0.05) is 12.7 Å². The van der Waals surface area contributed by atoms with Gasteiger partial charge in [-0.1, -0.05) is 12.6 Å². The van der Waals surface area contributed by atoms with Gasteiger partial charge in [0.15, 0.2) is 5.65 Å². The Morgan fingerprint density at radius 3 is 3.03 bits per heavy atom. The van der Waals surface area contributed by atoms with Crippen molar-refractivity contribution < 1.29 is 13.9 Å². The van der Waals surface area contributed by atoms with Crippen molar-refractivity contribution in [3.8, 4) is 0 Å². The van der Waals surface area contributed by atoms with E-state index in [4.69, 9.17) is 9.72 Å². The molecule has 2 fully saturated rings. The van der Waals surface area contributed by atoms with Crippen molar-refractivity contribution in [2.75, 3.05) is 24.6 Å². The third-order valence-corrected chi connectivity index (χ3v) is 6.64. The number of nitrogens with zero attached hydrogens (tertiary/aromatic N) is 5. The van der Waals surface area contributed by atoms with E-state index in [9.17, 15) is 9.18 Å². The van der Waals surface area contributed by atoms with Gasteiger partial charge in [0.2, 0.25) is 0 Å². The van der Waals surface area contributed by atoms with Crippen LogP contribution < -0.4 is 10.3 Å². The molecule has 5 heterocycles. The number of carbonyl (C=O) groups excluding carboxylic acids is 1. The first-order valence-corrected chi connectivity index (χ1v) is 10.9. The molecule has 1 amide bonds. The number of hydrogen-bond donors (Lipinski definition) is 1. The molecule has 8 nitrogen and oxygen atoms in total. The van der Waals surface area contributed by atoms with Gasteiger partial charge in [0.1, 0.15) is 29.6 Å². The minimum Gasteiger partial charge on any atom is -0.495 e. The zero-order valence-corrected chi connectivity index (χ0v) is 17.5. The number of ether oxygens (including phenoxy) is 1. The van der Waals surface area contributed by atoms with Crippen LogP contribution in [-0.2, 0) is 11.2 Å². The van der Waals surface area contributed by atoms with Crippen LogP contribution in [0.4, 0.5) is 10.2 Å². The van der Waals surface area contributed by atoms with Crippen LogP contribution >= 0.6 is 0 Å². The van der Waals surface area contributed by atoms with Crippen LogP contribution in [0.25, 0.3) is 5.65 Å². The van der Waals surface area contributed by atoms with E-state index < -0.39 is 0 Å². The molecule has 32 heavy (non-hydrogen) atoms. The molecule has 2 bridgehead atoms. The highest BCUT2D eigenvalue weighted by molar-refractivity contribution is 5.99. The molecule has 6 rings (SSSR count). The maximum absolute atomic E-state index is 14.4. The van der Waals surface area contributed by atoms with Gasteiger partial charge < -0.3 is 9.64 Å². The van der Waals surface area contributed by atoms with E-state index in [0.717, 1.165) is 36.3 Å². The number of rotatable bonds is 0. The maximum atomic E-state index is 14.4. The van der Waals surface area contributed by atoms with Crippen molar-refractivity contribution in [2.24, 2.45) is 0 Å². The first kappa shape index (κ1) is 19.2. The van der Waals surface area contributed by atoms with E-state index in [0.29, 0.717) is 36.5 Å². The zero-order valence-electron chi connectivity index (χ0n) is 17.5. The van der Waals surface area contributed by atoms with Gasteiger partial charge in [0.05, 0.1) is 24.8 Å². The number of aromatic nitrogens is 3. The van der Waals surface area contributed by atoms with E-state index in [1.165, 1.54) is 12.3 Å². The molecule has 164 valence electrons. The third-order valence-electron chi connectivity index (χ3n) is 6.64. The molecule has 1 aromatic carbocycles. The van der Waals surface area contributed by atoms with E-state index in [1.807, 2.05) is 23.3 Å². The summed E-state index contributed by atoms with van der Waals surface area (Å²) in [4.78, 5) is 20.2. The molecule has 2 saturated heterocycles. The fourth-order valence-corrected chi connectivity index (χ4v) is 5.06. The number of fused-ring (bicyclic) bond motifs is 6. The molecule has 0 spiro atoms. The highest BCUT2D eigenvalue weighted by Gasteiger charge is 2.34. The summed E-state index contributed by atoms with van der Waals surface area (Å²) in [5.41, 5.74) is 5.87. The third kappa shape index (κ3) is 3.03. The molecule has 3 aliphatic heterocycles. The molecular formula is C23H23FN6O2. The van der Waals surface area contributed by atoms with Gasteiger partial charge in [-0.3, -0.25) is 10.2 Å². The molecule has 2 atom stereocenters. The summed E-state index contributed by atoms with van der Waals surface area (Å²) >= 11 is 0. The monoisotopic (exact) mass is 434 g/mol. The van der Waals surface area contributed by atoms with Gasteiger partial charge in [-0.25, -0.2) is 18.9 Å². The predicted molar refractivity (Wildman–Crippen MR) is 115 cm³/mol. The number of amides is 1. The van der Waals surface area contributed by atoms with Crippen LogP contribution in [0.2, 0.25) is 0 Å². The Balaban J connectivity index is 1.55. The van der Waals surface area contributed by atoms with Crippen molar-refractivity contribution in [3.05, 3.63) is 71.5 Å². The van der Waals surface area contributed by atoms with Gasteiger partial charge in [-0.15, -0.1) is 0 Å². The van der Waals surface area contributed by atoms with Crippen molar-refractivity contribution in [2.45, 2.75) is 31.3 Å². The van der Waals surface area contributed by atoms with Crippen molar-refractivity contribution in [1.82, 2.24) is 25.0 Å². The lowest BCUT2D eigenvalue weighted by atomic mass is 9.93. The number of benzene rings is 1. The maximum Gasteiger partial charge on any atom is 0.271 e. The molecule has 1 N–H and O–H groups in total. The summed E-state index contributed by atoms with van der Waals surface area (Å²) in [6, 6.07) is 6.60. The lowest BCUT2D eigenvalue weighted by Gasteiger charge is -2.37. The van der Waals surface area contributed by atoms with Crippen LogP contribution in [0.15, 0.2) is 49.0 Å². The molecule has 2 aromatic heterocycles. The Morgan fingerprint density at radius 2 is 2.12 bits per heavy atom. The second-order valence-electron chi connectivity index (χ2n) is 8.48. The van der Waals surface area contributed by atoms with Crippen LogP contribution in [0.3, 0.4) is 0 Å². The number of hydrazine groups is 1. The lowest BCUT2D eigenvalue weighted by molar-refractivity contribution is 0.0158. The summed E-state index contributed by atoms with van der Waals surface area (Å²) in [6.07, 6.45) is 5.78. The standard InChI is InChI=1S/C23H23FN6O2/c1-14-20-11-15-4-5-16(24)12-17(15)19-3-2-7-28(19)21-6-8-30-22(26-21)18(13-25-30)23(31)27-29(20)9-10-32-14/h4-6,8,12-13,19-20H,1-3,7,9-11H2,(H,27,31)/t19-,20-/m1/s1. The second-order valence-corrected chi connectivity index (χ2v) is 8.48. The van der Waals surface area contributed by atoms with Gasteiger partial charge in [0.25, 0.3) is 5.91 Å². The minimum atomic E-state index is -0.277. The number of nitrogens with one attached hydrogen (secondary N) is 1. The van der Waals surface area contributed by atoms with Crippen molar-refractivity contribution in [1.29, 1.82) is 0 Å². The first-order valence-electron chi connectivity index (χ1n) is 10.9. The van der Waals surface area contributed by atoms with E-state index >= 15 is 0 Å². The molecule has 0 unspecified atom stereocenters. The molecule has 3 aliphatic rings. The number of anilines is 1. The molecule has 0 saturated carbocycles. The Kier molecular flexibility index (Phi) is 4.39. The number of hydrogen-bond acceptors (Lipinski definition) is 6. The normalized spacial score (nSPS) is 23.5. The second kappa shape index (κ2) is 7.30. The van der Waals surface area contributed by atoms with Gasteiger partial charge >= 0.3 is 0 Å². The minimum absolute atomic E-state index is 0.00217.